The molecular formula is C22H31F5O. The number of hydrogen-bond acceptors (Lipinski definition) is 1. The molecule has 1 nitrogen and oxygen atoms in total. The van der Waals surface area contributed by atoms with E-state index in [1.165, 1.54) is 38.5 Å². The Bertz CT molecular complexity index is 578. The zero-order valence-electron chi connectivity index (χ0n) is 16.5. The van der Waals surface area contributed by atoms with Crippen molar-refractivity contribution in [3.63, 3.8) is 0 Å². The third kappa shape index (κ3) is 5.96. The first-order valence-electron chi connectivity index (χ1n) is 10.7. The van der Waals surface area contributed by atoms with Crippen molar-refractivity contribution in [2.75, 3.05) is 0 Å². The van der Waals surface area contributed by atoms with Crippen molar-refractivity contribution in [1.82, 2.24) is 0 Å². The molecule has 6 heteroatoms. The second-order valence-corrected chi connectivity index (χ2v) is 9.15. The zero-order valence-corrected chi connectivity index (χ0v) is 16.5. The SMILES string of the molecule is CC1CCC(CCC2CCC(C3C=C(F)C(OC(F)(F)F)=C(F)C3)CC2)CC1. The van der Waals surface area contributed by atoms with Gasteiger partial charge in [-0.25, -0.2) is 8.78 Å². The van der Waals surface area contributed by atoms with E-state index < -0.39 is 23.8 Å². The van der Waals surface area contributed by atoms with Gasteiger partial charge >= 0.3 is 6.36 Å². The van der Waals surface area contributed by atoms with Gasteiger partial charge in [-0.15, -0.1) is 13.2 Å². The molecule has 0 amide bonds. The van der Waals surface area contributed by atoms with Gasteiger partial charge in [0.05, 0.1) is 0 Å². The summed E-state index contributed by atoms with van der Waals surface area (Å²) in [5, 5.41) is 0. The third-order valence-electron chi connectivity index (χ3n) is 7.07. The molecule has 1 atom stereocenters. The van der Waals surface area contributed by atoms with Crippen LogP contribution in [0.5, 0.6) is 0 Å². The van der Waals surface area contributed by atoms with Crippen LogP contribution in [-0.2, 0) is 4.74 Å². The average molecular weight is 406 g/mol. The van der Waals surface area contributed by atoms with Crippen LogP contribution < -0.4 is 0 Å². The molecule has 3 rings (SSSR count). The smallest absolute Gasteiger partial charge is 0.400 e. The zero-order chi connectivity index (χ0) is 20.3. The highest BCUT2D eigenvalue weighted by Crippen LogP contribution is 2.44. The topological polar surface area (TPSA) is 9.23 Å². The van der Waals surface area contributed by atoms with Crippen LogP contribution in [0.3, 0.4) is 0 Å². The lowest BCUT2D eigenvalue weighted by molar-refractivity contribution is -0.306. The van der Waals surface area contributed by atoms with Crippen LogP contribution in [0.1, 0.15) is 77.6 Å². The van der Waals surface area contributed by atoms with E-state index >= 15 is 0 Å². The summed E-state index contributed by atoms with van der Waals surface area (Å²) in [4.78, 5) is 0. The summed E-state index contributed by atoms with van der Waals surface area (Å²) >= 11 is 0. The van der Waals surface area contributed by atoms with Gasteiger partial charge in [0.15, 0.2) is 11.6 Å². The normalized spacial score (nSPS) is 34.9. The molecule has 2 fully saturated rings. The van der Waals surface area contributed by atoms with Gasteiger partial charge < -0.3 is 4.74 Å². The van der Waals surface area contributed by atoms with E-state index in [0.717, 1.165) is 43.6 Å². The molecule has 0 N–H and O–H groups in total. The Kier molecular flexibility index (Phi) is 7.08. The lowest BCUT2D eigenvalue weighted by Crippen LogP contribution is -2.24. The van der Waals surface area contributed by atoms with Gasteiger partial charge in [-0.05, 0) is 48.5 Å². The molecule has 0 heterocycles. The molecule has 160 valence electrons. The highest BCUT2D eigenvalue weighted by molar-refractivity contribution is 5.28. The fourth-order valence-electron chi connectivity index (χ4n) is 5.27. The summed E-state index contributed by atoms with van der Waals surface area (Å²) in [7, 11) is 0. The van der Waals surface area contributed by atoms with Crippen molar-refractivity contribution in [2.45, 2.75) is 83.9 Å². The molecule has 2 saturated carbocycles. The molecule has 0 aromatic carbocycles. The van der Waals surface area contributed by atoms with Crippen molar-refractivity contribution in [1.29, 1.82) is 0 Å². The molecule has 3 aliphatic rings. The summed E-state index contributed by atoms with van der Waals surface area (Å²) in [5.41, 5.74) is 0. The second-order valence-electron chi connectivity index (χ2n) is 9.15. The Labute approximate surface area is 164 Å². The quantitative estimate of drug-likeness (QED) is 0.420. The molecule has 0 aromatic rings. The fraction of sp³-hybridized carbons (Fsp3) is 0.818. The number of rotatable bonds is 5. The van der Waals surface area contributed by atoms with Crippen LogP contribution in [0.15, 0.2) is 23.5 Å². The van der Waals surface area contributed by atoms with Gasteiger partial charge in [-0.1, -0.05) is 58.3 Å². The maximum Gasteiger partial charge on any atom is 0.573 e. The van der Waals surface area contributed by atoms with Gasteiger partial charge in [0.1, 0.15) is 5.83 Å². The number of halogens is 5. The Morgan fingerprint density at radius 2 is 1.43 bits per heavy atom. The predicted molar refractivity (Wildman–Crippen MR) is 98.4 cm³/mol. The maximum absolute atomic E-state index is 14.0. The number of alkyl halides is 3. The third-order valence-corrected chi connectivity index (χ3v) is 7.07. The summed E-state index contributed by atoms with van der Waals surface area (Å²) in [6, 6.07) is 0. The Morgan fingerprint density at radius 3 is 1.93 bits per heavy atom. The highest BCUT2D eigenvalue weighted by atomic mass is 19.4. The molecule has 3 aliphatic carbocycles. The molecule has 0 saturated heterocycles. The van der Waals surface area contributed by atoms with Crippen LogP contribution in [-0.4, -0.2) is 6.36 Å². The van der Waals surface area contributed by atoms with Crippen molar-refractivity contribution >= 4 is 0 Å². The first kappa shape index (κ1) is 21.6. The highest BCUT2D eigenvalue weighted by Gasteiger charge is 2.38. The summed E-state index contributed by atoms with van der Waals surface area (Å²) in [6.45, 7) is 2.33. The van der Waals surface area contributed by atoms with E-state index in [-0.39, 0.29) is 18.3 Å². The minimum absolute atomic E-state index is 0.135. The average Bonchev–Trinajstić information content (AvgIpc) is 2.64. The van der Waals surface area contributed by atoms with E-state index in [0.29, 0.717) is 5.92 Å². The van der Waals surface area contributed by atoms with Gasteiger partial charge in [-0.3, -0.25) is 0 Å². The minimum atomic E-state index is -5.08. The molecule has 0 aliphatic heterocycles. The lowest BCUT2D eigenvalue weighted by atomic mass is 9.71. The van der Waals surface area contributed by atoms with Crippen LogP contribution >= 0.6 is 0 Å². The summed E-state index contributed by atoms with van der Waals surface area (Å²) in [6.07, 6.45) is 7.64. The van der Waals surface area contributed by atoms with E-state index in [1.54, 1.807) is 0 Å². The van der Waals surface area contributed by atoms with E-state index in [2.05, 4.69) is 11.7 Å². The fourth-order valence-corrected chi connectivity index (χ4v) is 5.27. The van der Waals surface area contributed by atoms with Crippen molar-refractivity contribution < 1.29 is 26.7 Å². The summed E-state index contributed by atoms with van der Waals surface area (Å²) in [5.74, 6) is -1.48. The number of hydrogen-bond donors (Lipinski definition) is 0. The predicted octanol–water partition coefficient (Wildman–Crippen LogP) is 7.99. The Hall–Kier alpha value is -1.07. The number of ether oxygens (including phenoxy) is 1. The maximum atomic E-state index is 14.0. The first-order chi connectivity index (χ1) is 13.2. The van der Waals surface area contributed by atoms with Crippen molar-refractivity contribution in [2.24, 2.45) is 29.6 Å². The standard InChI is InChI=1S/C22H31F5O/c1-14-2-4-15(5-3-14)6-7-16-8-10-17(11-9-16)18-12-19(23)21(20(24)13-18)28-22(25,26)27/h12,14-18H,2-11,13H2,1H3. The van der Waals surface area contributed by atoms with Gasteiger partial charge in [0.2, 0.25) is 0 Å². The van der Waals surface area contributed by atoms with Gasteiger partial charge in [0.25, 0.3) is 0 Å². The van der Waals surface area contributed by atoms with Gasteiger partial charge in [-0.2, -0.15) is 0 Å². The Balaban J connectivity index is 1.44. The Morgan fingerprint density at radius 1 is 0.893 bits per heavy atom. The first-order valence-corrected chi connectivity index (χ1v) is 10.7. The van der Waals surface area contributed by atoms with Crippen molar-refractivity contribution in [3.8, 4) is 0 Å². The van der Waals surface area contributed by atoms with Crippen LogP contribution in [0.25, 0.3) is 0 Å². The molecule has 0 bridgehead atoms. The molecule has 0 radical (unpaired) electrons. The monoisotopic (exact) mass is 406 g/mol. The van der Waals surface area contributed by atoms with Crippen LogP contribution in [0.2, 0.25) is 0 Å². The molecule has 1 unspecified atom stereocenters. The molecule has 0 aromatic heterocycles. The summed E-state index contributed by atoms with van der Waals surface area (Å²) < 4.78 is 68.4. The lowest BCUT2D eigenvalue weighted by Gasteiger charge is -2.35. The van der Waals surface area contributed by atoms with Gasteiger partial charge in [0, 0.05) is 6.42 Å². The number of allylic oxidation sites excluding steroid dienone is 3. The molecule has 28 heavy (non-hydrogen) atoms. The van der Waals surface area contributed by atoms with Crippen LogP contribution in [0.4, 0.5) is 22.0 Å². The van der Waals surface area contributed by atoms with E-state index in [4.69, 9.17) is 0 Å². The van der Waals surface area contributed by atoms with Crippen LogP contribution in [0, 0.1) is 29.6 Å². The second kappa shape index (κ2) is 9.17. The molecular weight excluding hydrogens is 375 g/mol. The van der Waals surface area contributed by atoms with E-state index in [9.17, 15) is 22.0 Å². The largest absolute Gasteiger partial charge is 0.573 e. The molecule has 0 spiro atoms. The van der Waals surface area contributed by atoms with Crippen molar-refractivity contribution in [3.05, 3.63) is 23.5 Å². The van der Waals surface area contributed by atoms with E-state index in [1.807, 2.05) is 0 Å². The minimum Gasteiger partial charge on any atom is -0.400 e.